The number of nitrogens with one attached hydrogen (secondary N) is 1. The van der Waals surface area contributed by atoms with Crippen LogP contribution in [0.1, 0.15) is 53.4 Å². The van der Waals surface area contributed by atoms with Crippen molar-refractivity contribution in [3.63, 3.8) is 0 Å². The lowest BCUT2D eigenvalue weighted by molar-refractivity contribution is -0.143. The Morgan fingerprint density at radius 1 is 1.14 bits per heavy atom. The summed E-state index contributed by atoms with van der Waals surface area (Å²) < 4.78 is 29.8. The summed E-state index contributed by atoms with van der Waals surface area (Å²) in [6.07, 6.45) is 2.95. The lowest BCUT2D eigenvalue weighted by Gasteiger charge is -2.37. The quantitative estimate of drug-likeness (QED) is 0.495. The van der Waals surface area contributed by atoms with Crippen LogP contribution in [0.15, 0.2) is 28.5 Å². The normalized spacial score (nSPS) is 21.2. The molecule has 11 heteroatoms. The summed E-state index contributed by atoms with van der Waals surface area (Å²) in [4.78, 5) is 32.4. The van der Waals surface area contributed by atoms with Crippen molar-refractivity contribution < 1.29 is 18.0 Å². The second kappa shape index (κ2) is 11.6. The lowest BCUT2D eigenvalue weighted by atomic mass is 10.1. The van der Waals surface area contributed by atoms with Crippen LogP contribution in [-0.2, 0) is 19.6 Å². The number of piperidine rings is 1. The number of carbonyl (C=O) groups is 2. The molecule has 0 saturated carbocycles. The molecule has 4 rings (SSSR count). The summed E-state index contributed by atoms with van der Waals surface area (Å²) in [7, 11) is -3.90. The smallest absolute Gasteiger partial charge is 0.250 e. The van der Waals surface area contributed by atoms with Gasteiger partial charge >= 0.3 is 0 Å². The number of sulfonamides is 1. The zero-order valence-corrected chi connectivity index (χ0v) is 24.3. The van der Waals surface area contributed by atoms with Crippen molar-refractivity contribution in [1.29, 1.82) is 0 Å². The molecule has 1 aromatic carbocycles. The maximum Gasteiger partial charge on any atom is 0.250 e. The van der Waals surface area contributed by atoms with Gasteiger partial charge in [0.1, 0.15) is 10.3 Å². The molecule has 3 heterocycles. The Morgan fingerprint density at radius 3 is 2.54 bits per heavy atom. The van der Waals surface area contributed by atoms with Gasteiger partial charge in [-0.25, -0.2) is 8.42 Å². The van der Waals surface area contributed by atoms with Gasteiger partial charge in [0.2, 0.25) is 11.8 Å². The first kappa shape index (κ1) is 28.3. The Labute approximate surface area is 229 Å². The average Bonchev–Trinajstić information content (AvgIpc) is 3.46. The van der Waals surface area contributed by atoms with Crippen LogP contribution in [0.4, 0.5) is 0 Å². The molecule has 2 aromatic rings. The zero-order chi connectivity index (χ0) is 26.9. The molecule has 2 amide bonds. The van der Waals surface area contributed by atoms with E-state index in [0.29, 0.717) is 43.0 Å². The highest BCUT2D eigenvalue weighted by Crippen LogP contribution is 2.31. The third kappa shape index (κ3) is 6.47. The van der Waals surface area contributed by atoms with Crippen LogP contribution in [-0.4, -0.2) is 85.3 Å². The first-order chi connectivity index (χ1) is 17.5. The van der Waals surface area contributed by atoms with Crippen molar-refractivity contribution in [2.45, 2.75) is 81.8 Å². The minimum Gasteiger partial charge on any atom is -0.337 e. The summed E-state index contributed by atoms with van der Waals surface area (Å²) >= 11 is 7.18. The predicted octanol–water partition coefficient (Wildman–Crippen LogP) is 3.93. The summed E-state index contributed by atoms with van der Waals surface area (Å²) in [6.45, 7) is 10.6. The number of amides is 2. The van der Waals surface area contributed by atoms with Gasteiger partial charge < -0.3 is 9.80 Å². The van der Waals surface area contributed by atoms with Crippen molar-refractivity contribution in [3.05, 3.63) is 29.3 Å². The van der Waals surface area contributed by atoms with Crippen LogP contribution < -0.4 is 4.72 Å². The molecule has 0 bridgehead atoms. The Kier molecular flexibility index (Phi) is 8.85. The first-order valence-electron chi connectivity index (χ1n) is 13.0. The molecule has 0 spiro atoms. The van der Waals surface area contributed by atoms with Gasteiger partial charge in [0.25, 0.3) is 10.0 Å². The molecule has 0 aliphatic carbocycles. The number of fused-ring (bicyclic) bond motifs is 1. The molecule has 2 fully saturated rings. The molecule has 2 saturated heterocycles. The standard InChI is InChI=1S/C26H37ClN4O4S2/c1-17(2)31(18(3)4)15-21-7-5-12-30(21)24(32)16-29-11-6-8-22(26(29)33)28-37(34,35)25-14-19-13-20(27)9-10-23(19)36-25/h9-10,13-14,17-18,21-22,28H,5-8,11-12,15-16H2,1-4H3/t21-,22-/m0/s1. The van der Waals surface area contributed by atoms with E-state index in [2.05, 4.69) is 37.3 Å². The SMILES string of the molecule is CC(C)N(C[C@@H]1CCCN1C(=O)CN1CCC[C@H](NS(=O)(=O)c2cc3cc(Cl)ccc3s2)C1=O)C(C)C. The van der Waals surface area contributed by atoms with Crippen LogP contribution in [0.5, 0.6) is 0 Å². The van der Waals surface area contributed by atoms with Crippen LogP contribution in [0, 0.1) is 0 Å². The van der Waals surface area contributed by atoms with E-state index in [0.717, 1.165) is 40.8 Å². The molecular weight excluding hydrogens is 532 g/mol. The molecule has 0 unspecified atom stereocenters. The molecule has 2 aliphatic rings. The fourth-order valence-electron chi connectivity index (χ4n) is 5.44. The van der Waals surface area contributed by atoms with Gasteiger partial charge in [-0.2, -0.15) is 4.72 Å². The number of rotatable bonds is 9. The van der Waals surface area contributed by atoms with E-state index in [1.54, 1.807) is 24.3 Å². The number of likely N-dealkylation sites (tertiary alicyclic amines) is 2. The number of benzene rings is 1. The van der Waals surface area contributed by atoms with E-state index in [-0.39, 0.29) is 28.6 Å². The summed E-state index contributed by atoms with van der Waals surface area (Å²) in [5.74, 6) is -0.401. The summed E-state index contributed by atoms with van der Waals surface area (Å²) in [5, 5.41) is 1.28. The molecule has 2 atom stereocenters. The van der Waals surface area contributed by atoms with Gasteiger partial charge in [-0.05, 0) is 83.0 Å². The van der Waals surface area contributed by atoms with E-state index < -0.39 is 16.1 Å². The third-order valence-corrected chi connectivity index (χ3v) is 10.6. The Hall–Kier alpha value is -1.72. The Morgan fingerprint density at radius 2 is 1.84 bits per heavy atom. The number of nitrogens with zero attached hydrogens (tertiary/aromatic N) is 3. The van der Waals surface area contributed by atoms with Gasteiger partial charge in [0.15, 0.2) is 0 Å². The summed E-state index contributed by atoms with van der Waals surface area (Å²) in [5.41, 5.74) is 0. The van der Waals surface area contributed by atoms with Crippen LogP contribution in [0.2, 0.25) is 5.02 Å². The van der Waals surface area contributed by atoms with E-state index >= 15 is 0 Å². The molecule has 1 N–H and O–H groups in total. The zero-order valence-electron chi connectivity index (χ0n) is 21.9. The van der Waals surface area contributed by atoms with E-state index in [1.165, 1.54) is 4.90 Å². The van der Waals surface area contributed by atoms with Gasteiger partial charge in [-0.1, -0.05) is 11.6 Å². The van der Waals surface area contributed by atoms with Gasteiger partial charge in [0.05, 0.1) is 6.54 Å². The van der Waals surface area contributed by atoms with Crippen molar-refractivity contribution in [3.8, 4) is 0 Å². The second-order valence-electron chi connectivity index (χ2n) is 10.6. The lowest BCUT2D eigenvalue weighted by Crippen LogP contribution is -2.55. The molecule has 37 heavy (non-hydrogen) atoms. The number of thiophene rings is 1. The van der Waals surface area contributed by atoms with Crippen LogP contribution in [0.25, 0.3) is 10.1 Å². The van der Waals surface area contributed by atoms with Crippen LogP contribution in [0.3, 0.4) is 0 Å². The van der Waals surface area contributed by atoms with E-state index in [1.807, 2.05) is 4.90 Å². The number of hydrogen-bond acceptors (Lipinski definition) is 6. The molecule has 8 nitrogen and oxygen atoms in total. The van der Waals surface area contributed by atoms with Crippen molar-refractivity contribution in [2.24, 2.45) is 0 Å². The molecule has 1 aromatic heterocycles. The minimum atomic E-state index is -3.90. The van der Waals surface area contributed by atoms with Crippen molar-refractivity contribution >= 4 is 54.9 Å². The second-order valence-corrected chi connectivity index (χ2v) is 14.1. The molecule has 0 radical (unpaired) electrons. The van der Waals surface area contributed by atoms with Gasteiger partial charge in [-0.3, -0.25) is 14.5 Å². The fraction of sp³-hybridized carbons (Fsp3) is 0.615. The van der Waals surface area contributed by atoms with Gasteiger partial charge in [0, 0.05) is 47.5 Å². The first-order valence-corrected chi connectivity index (χ1v) is 15.7. The highest BCUT2D eigenvalue weighted by Gasteiger charge is 2.37. The van der Waals surface area contributed by atoms with E-state index in [4.69, 9.17) is 11.6 Å². The van der Waals surface area contributed by atoms with Crippen LogP contribution >= 0.6 is 22.9 Å². The molecule has 204 valence electrons. The fourth-order valence-corrected chi connectivity index (χ4v) is 8.24. The number of halogens is 1. The third-order valence-electron chi connectivity index (χ3n) is 7.32. The van der Waals surface area contributed by atoms with E-state index in [9.17, 15) is 18.0 Å². The molecular formula is C26H37ClN4O4S2. The molecule has 2 aliphatic heterocycles. The topological polar surface area (TPSA) is 90.0 Å². The number of carbonyl (C=O) groups excluding carboxylic acids is 2. The summed E-state index contributed by atoms with van der Waals surface area (Å²) in [6, 6.07) is 6.82. The Balaban J connectivity index is 1.41. The number of hydrogen-bond donors (Lipinski definition) is 1. The largest absolute Gasteiger partial charge is 0.337 e. The van der Waals surface area contributed by atoms with Crippen molar-refractivity contribution in [2.75, 3.05) is 26.2 Å². The minimum absolute atomic E-state index is 0.0156. The monoisotopic (exact) mass is 568 g/mol. The Bertz CT molecular complexity index is 1240. The maximum atomic E-state index is 13.3. The predicted molar refractivity (Wildman–Crippen MR) is 148 cm³/mol. The van der Waals surface area contributed by atoms with Gasteiger partial charge in [-0.15, -0.1) is 11.3 Å². The van der Waals surface area contributed by atoms with Crippen molar-refractivity contribution in [1.82, 2.24) is 19.4 Å². The highest BCUT2D eigenvalue weighted by molar-refractivity contribution is 7.91. The maximum absolute atomic E-state index is 13.3. The highest BCUT2D eigenvalue weighted by atomic mass is 35.5. The average molecular weight is 569 g/mol.